The first kappa shape index (κ1) is 19.4. The number of rotatable bonds is 4. The molecule has 0 spiro atoms. The van der Waals surface area contributed by atoms with Crippen LogP contribution in [0.25, 0.3) is 0 Å². The van der Waals surface area contributed by atoms with E-state index in [1.165, 1.54) is 12.1 Å². The lowest BCUT2D eigenvalue weighted by atomic mass is 10.1. The molecule has 0 radical (unpaired) electrons. The van der Waals surface area contributed by atoms with Crippen molar-refractivity contribution in [1.82, 2.24) is 0 Å². The van der Waals surface area contributed by atoms with Gasteiger partial charge in [-0.2, -0.15) is 5.11 Å². The fourth-order valence-electron chi connectivity index (χ4n) is 1.99. The van der Waals surface area contributed by atoms with Crippen LogP contribution in [0.4, 0.5) is 23.0 Å². The van der Waals surface area contributed by atoms with E-state index >= 15 is 0 Å². The molecule has 0 fully saturated rings. The topological polar surface area (TPSA) is 151 Å². The van der Waals surface area contributed by atoms with Crippen molar-refractivity contribution in [3.8, 4) is 5.75 Å². The first-order valence-electron chi connectivity index (χ1n) is 7.96. The summed E-state index contributed by atoms with van der Waals surface area (Å²) in [6, 6.07) is 18.8. The van der Waals surface area contributed by atoms with Crippen LogP contribution in [-0.2, 0) is 11.2 Å². The number of aromatic nitrogens is 1. The van der Waals surface area contributed by atoms with E-state index < -0.39 is 5.97 Å². The summed E-state index contributed by atoms with van der Waals surface area (Å²) in [6.07, 6.45) is -0.111. The van der Waals surface area contributed by atoms with Gasteiger partial charge in [0.2, 0.25) is 11.6 Å². The molecular weight excluding hydrogens is 346 g/mol. The van der Waals surface area contributed by atoms with Gasteiger partial charge in [0.1, 0.15) is 5.75 Å². The molecule has 6 N–H and O–H groups in total. The van der Waals surface area contributed by atoms with E-state index in [0.717, 1.165) is 5.69 Å². The van der Waals surface area contributed by atoms with Gasteiger partial charge in [0.05, 0.1) is 5.69 Å². The van der Waals surface area contributed by atoms with Gasteiger partial charge in [0.25, 0.3) is 0 Å². The maximum Gasteiger partial charge on any atom is 0.245 e. The van der Waals surface area contributed by atoms with E-state index in [1.807, 2.05) is 30.3 Å². The molecule has 27 heavy (non-hydrogen) atoms. The zero-order chi connectivity index (χ0) is 19.6. The van der Waals surface area contributed by atoms with Crippen molar-refractivity contribution in [3.63, 3.8) is 0 Å². The number of nitrogens with one attached hydrogen (secondary N) is 1. The predicted molar refractivity (Wildman–Crippen MR) is 99.3 cm³/mol. The number of carbonyl (C=O) groups is 1. The Kier molecular flexibility index (Phi) is 6.83. The molecule has 1 heterocycles. The fraction of sp³-hybridized carbons (Fsp3) is 0.0526. The summed E-state index contributed by atoms with van der Waals surface area (Å²) in [4.78, 5) is 12.9. The van der Waals surface area contributed by atoms with Crippen molar-refractivity contribution < 1.29 is 20.0 Å². The molecule has 0 bridgehead atoms. The van der Waals surface area contributed by atoms with Gasteiger partial charge in [-0.3, -0.25) is 0 Å². The van der Waals surface area contributed by atoms with Gasteiger partial charge in [-0.05, 0) is 35.9 Å². The van der Waals surface area contributed by atoms with E-state index in [2.05, 4.69) is 15.2 Å². The Labute approximate surface area is 155 Å². The number of benzene rings is 2. The highest BCUT2D eigenvalue weighted by Gasteiger charge is 2.02. The van der Waals surface area contributed by atoms with Crippen LogP contribution in [0, 0.1) is 0 Å². The zero-order valence-electron chi connectivity index (χ0n) is 14.4. The maximum atomic E-state index is 10.1. The Morgan fingerprint density at radius 3 is 2.22 bits per heavy atom. The third-order valence-corrected chi connectivity index (χ3v) is 3.29. The number of carbonyl (C=O) groups excluding carboxylic acids is 1. The molecule has 2 aromatic carbocycles. The lowest BCUT2D eigenvalue weighted by Crippen LogP contribution is -2.24. The summed E-state index contributed by atoms with van der Waals surface area (Å²) in [7, 11) is 0. The van der Waals surface area contributed by atoms with Crippen LogP contribution in [0.15, 0.2) is 77.0 Å². The number of nitrogens with two attached hydrogens (primary N) is 2. The molecule has 0 saturated heterocycles. The van der Waals surface area contributed by atoms with Crippen LogP contribution in [0.2, 0.25) is 0 Å². The van der Waals surface area contributed by atoms with Crippen LogP contribution in [-0.4, -0.2) is 11.1 Å². The highest BCUT2D eigenvalue weighted by Crippen LogP contribution is 2.21. The number of anilines is 2. The number of phenolic OH excluding ortho intramolecular Hbond substituents is 1. The Bertz CT molecular complexity index is 912. The minimum absolute atomic E-state index is 0.111. The van der Waals surface area contributed by atoms with Gasteiger partial charge in [-0.1, -0.05) is 30.3 Å². The van der Waals surface area contributed by atoms with Crippen LogP contribution < -0.4 is 21.6 Å². The summed E-state index contributed by atoms with van der Waals surface area (Å²) in [5.41, 5.74) is 13.2. The minimum atomic E-state index is -1.12. The molecule has 8 heteroatoms. The first-order valence-corrected chi connectivity index (χ1v) is 7.96. The second kappa shape index (κ2) is 9.52. The SMILES string of the molecule is Nc1ccc(N=Nc2ccccc2)c(N)[nH+]1.O=C([O-])Cc1ccc(O)cc1. The van der Waals surface area contributed by atoms with E-state index in [-0.39, 0.29) is 12.2 Å². The van der Waals surface area contributed by atoms with Gasteiger partial charge in [-0.25, -0.2) is 4.98 Å². The highest BCUT2D eigenvalue weighted by molar-refractivity contribution is 5.67. The van der Waals surface area contributed by atoms with Crippen molar-refractivity contribution in [1.29, 1.82) is 0 Å². The molecule has 138 valence electrons. The molecule has 0 saturated carbocycles. The Morgan fingerprint density at radius 2 is 1.63 bits per heavy atom. The lowest BCUT2D eigenvalue weighted by molar-refractivity contribution is -0.341. The van der Waals surface area contributed by atoms with E-state index in [9.17, 15) is 9.90 Å². The number of hydrogen-bond donors (Lipinski definition) is 3. The van der Waals surface area contributed by atoms with Crippen LogP contribution in [0.5, 0.6) is 5.75 Å². The number of aliphatic carboxylic acids is 1. The highest BCUT2D eigenvalue weighted by atomic mass is 16.4. The van der Waals surface area contributed by atoms with E-state index in [4.69, 9.17) is 16.6 Å². The minimum Gasteiger partial charge on any atom is -0.550 e. The van der Waals surface area contributed by atoms with Crippen molar-refractivity contribution in [3.05, 3.63) is 72.3 Å². The molecule has 0 aliphatic heterocycles. The predicted octanol–water partition coefficient (Wildman–Crippen LogP) is 1.77. The molecule has 0 atom stereocenters. The van der Waals surface area contributed by atoms with Crippen LogP contribution in [0.3, 0.4) is 0 Å². The molecule has 0 aliphatic rings. The normalized spacial score (nSPS) is 10.2. The van der Waals surface area contributed by atoms with Gasteiger partial charge < -0.3 is 26.5 Å². The summed E-state index contributed by atoms with van der Waals surface area (Å²) in [6.45, 7) is 0. The van der Waals surface area contributed by atoms with Crippen molar-refractivity contribution in [2.24, 2.45) is 10.2 Å². The third-order valence-electron chi connectivity index (χ3n) is 3.29. The third kappa shape index (κ3) is 6.83. The van der Waals surface area contributed by atoms with Gasteiger partial charge in [0.15, 0.2) is 5.69 Å². The Hall–Kier alpha value is -3.94. The van der Waals surface area contributed by atoms with Gasteiger partial charge >= 0.3 is 0 Å². The fourth-order valence-corrected chi connectivity index (χ4v) is 1.99. The van der Waals surface area contributed by atoms with Crippen LogP contribution in [0.1, 0.15) is 5.56 Å². The summed E-state index contributed by atoms with van der Waals surface area (Å²) < 4.78 is 0. The zero-order valence-corrected chi connectivity index (χ0v) is 14.4. The molecule has 3 aromatic rings. The second-order valence-electron chi connectivity index (χ2n) is 5.46. The number of H-pyrrole nitrogens is 1. The quantitative estimate of drug-likeness (QED) is 0.602. The van der Waals surface area contributed by atoms with Crippen LogP contribution >= 0.6 is 0 Å². The number of nitrogens with zero attached hydrogens (tertiary/aromatic N) is 2. The monoisotopic (exact) mass is 365 g/mol. The van der Waals surface area contributed by atoms with E-state index in [0.29, 0.717) is 22.9 Å². The average Bonchev–Trinajstić information content (AvgIpc) is 2.64. The number of hydrogen-bond acceptors (Lipinski definition) is 7. The number of nitrogen functional groups attached to an aromatic ring is 2. The first-order chi connectivity index (χ1) is 12.9. The number of aromatic amines is 1. The molecule has 0 unspecified atom stereocenters. The molecular formula is C19H19N5O3. The second-order valence-corrected chi connectivity index (χ2v) is 5.46. The van der Waals surface area contributed by atoms with Crippen molar-refractivity contribution >= 4 is 29.0 Å². The van der Waals surface area contributed by atoms with Gasteiger partial charge in [0, 0.05) is 18.5 Å². The summed E-state index contributed by atoms with van der Waals surface area (Å²) in [5, 5.41) is 27.0. The lowest BCUT2D eigenvalue weighted by Gasteiger charge is -2.01. The maximum absolute atomic E-state index is 10.1. The van der Waals surface area contributed by atoms with Crippen molar-refractivity contribution in [2.45, 2.75) is 6.42 Å². The largest absolute Gasteiger partial charge is 0.550 e. The van der Waals surface area contributed by atoms with Crippen molar-refractivity contribution in [2.75, 3.05) is 11.5 Å². The molecule has 8 nitrogen and oxygen atoms in total. The standard InChI is InChI=1S/C11H11N5.C8H8O3/c12-10-7-6-9(11(13)14-10)16-15-8-4-2-1-3-5-8;9-7-3-1-6(2-4-7)5-8(10)11/h1-7H,(H4,12,13,14);1-4,9H,5H2,(H,10,11). The molecule has 0 amide bonds. The molecule has 0 aliphatic carbocycles. The van der Waals surface area contributed by atoms with Gasteiger partial charge in [-0.15, -0.1) is 5.11 Å². The number of carboxylic acids is 1. The smallest absolute Gasteiger partial charge is 0.245 e. The number of azo groups is 1. The number of carboxylic acid groups (broad SMARTS) is 1. The Morgan fingerprint density at radius 1 is 0.963 bits per heavy atom. The molecule has 3 rings (SSSR count). The summed E-state index contributed by atoms with van der Waals surface area (Å²) >= 11 is 0. The molecule has 1 aromatic heterocycles. The average molecular weight is 365 g/mol. The number of pyridine rings is 1. The number of phenols is 1. The number of aromatic hydroxyl groups is 1. The summed E-state index contributed by atoms with van der Waals surface area (Å²) in [5.74, 6) is -0.0846. The Balaban J connectivity index is 0.000000208. The van der Waals surface area contributed by atoms with E-state index in [1.54, 1.807) is 24.3 Å².